The fourth-order valence-corrected chi connectivity index (χ4v) is 1.38. The van der Waals surface area contributed by atoms with Crippen LogP contribution in [0.25, 0.3) is 0 Å². The van der Waals surface area contributed by atoms with Gasteiger partial charge in [0, 0.05) is 0 Å². The molecule has 0 aromatic heterocycles. The first-order chi connectivity index (χ1) is 4.33. The van der Waals surface area contributed by atoms with Crippen LogP contribution in [0.1, 0.15) is 26.7 Å². The zero-order chi connectivity index (χ0) is 6.69. The summed E-state index contributed by atoms with van der Waals surface area (Å²) in [5.41, 5.74) is 0. The van der Waals surface area contributed by atoms with Crippen molar-refractivity contribution in [2.75, 3.05) is 19.6 Å². The summed E-state index contributed by atoms with van der Waals surface area (Å²) in [5, 5.41) is 0. The molecule has 0 radical (unpaired) electrons. The zero-order valence-corrected chi connectivity index (χ0v) is 7.27. The SMILES string of the molecule is CCN1CCC(C)CC1.N. The summed E-state index contributed by atoms with van der Waals surface area (Å²) in [6.07, 6.45) is 2.82. The van der Waals surface area contributed by atoms with E-state index in [1.54, 1.807) is 0 Å². The second-order valence-corrected chi connectivity index (χ2v) is 3.12. The van der Waals surface area contributed by atoms with Gasteiger partial charge in [-0.1, -0.05) is 13.8 Å². The maximum absolute atomic E-state index is 2.53. The Morgan fingerprint density at radius 1 is 1.30 bits per heavy atom. The molecule has 1 rings (SSSR count). The van der Waals surface area contributed by atoms with Gasteiger partial charge >= 0.3 is 0 Å². The first kappa shape index (κ1) is 9.92. The largest absolute Gasteiger partial charge is 0.344 e. The van der Waals surface area contributed by atoms with Crippen LogP contribution in [0.3, 0.4) is 0 Å². The van der Waals surface area contributed by atoms with Crippen molar-refractivity contribution < 1.29 is 0 Å². The molecule has 1 aliphatic heterocycles. The van der Waals surface area contributed by atoms with Gasteiger partial charge in [0.2, 0.25) is 0 Å². The molecule has 1 heterocycles. The van der Waals surface area contributed by atoms with Gasteiger partial charge in [-0.05, 0) is 38.4 Å². The van der Waals surface area contributed by atoms with Gasteiger partial charge in [-0.15, -0.1) is 0 Å². The summed E-state index contributed by atoms with van der Waals surface area (Å²) in [6.45, 7) is 8.51. The molecule has 0 unspecified atom stereocenters. The maximum atomic E-state index is 2.53. The highest BCUT2D eigenvalue weighted by Crippen LogP contribution is 2.14. The van der Waals surface area contributed by atoms with Crippen molar-refractivity contribution in [3.05, 3.63) is 0 Å². The van der Waals surface area contributed by atoms with Crippen molar-refractivity contribution in [2.45, 2.75) is 26.7 Å². The molecule has 2 heteroatoms. The summed E-state index contributed by atoms with van der Waals surface area (Å²) in [6, 6.07) is 0. The quantitative estimate of drug-likeness (QED) is 0.610. The summed E-state index contributed by atoms with van der Waals surface area (Å²) in [7, 11) is 0. The summed E-state index contributed by atoms with van der Waals surface area (Å²) in [4.78, 5) is 2.53. The van der Waals surface area contributed by atoms with Crippen molar-refractivity contribution in [1.82, 2.24) is 11.1 Å². The zero-order valence-electron chi connectivity index (χ0n) is 7.27. The highest BCUT2D eigenvalue weighted by atomic mass is 15.1. The molecule has 1 fully saturated rings. The Kier molecular flexibility index (Phi) is 4.65. The van der Waals surface area contributed by atoms with E-state index in [0.29, 0.717) is 0 Å². The minimum absolute atomic E-state index is 0. The number of piperidine rings is 1. The normalized spacial score (nSPS) is 22.2. The third kappa shape index (κ3) is 2.67. The standard InChI is InChI=1S/C8H17N.H3N/c1-3-9-6-4-8(2)5-7-9;/h8H,3-7H2,1-2H3;1H3. The number of likely N-dealkylation sites (tertiary alicyclic amines) is 1. The molecule has 0 bridgehead atoms. The monoisotopic (exact) mass is 144 g/mol. The fraction of sp³-hybridized carbons (Fsp3) is 1.00. The Balaban J connectivity index is 0.000000810. The lowest BCUT2D eigenvalue weighted by atomic mass is 9.99. The first-order valence-corrected chi connectivity index (χ1v) is 4.05. The van der Waals surface area contributed by atoms with Gasteiger partial charge in [-0.3, -0.25) is 0 Å². The minimum Gasteiger partial charge on any atom is -0.344 e. The summed E-state index contributed by atoms with van der Waals surface area (Å²) < 4.78 is 0. The van der Waals surface area contributed by atoms with Gasteiger partial charge in [0.25, 0.3) is 0 Å². The van der Waals surface area contributed by atoms with E-state index < -0.39 is 0 Å². The van der Waals surface area contributed by atoms with Crippen molar-refractivity contribution >= 4 is 0 Å². The molecule has 1 aliphatic rings. The summed E-state index contributed by atoms with van der Waals surface area (Å²) >= 11 is 0. The van der Waals surface area contributed by atoms with Crippen LogP contribution in [0.5, 0.6) is 0 Å². The lowest BCUT2D eigenvalue weighted by molar-refractivity contribution is 0.201. The van der Waals surface area contributed by atoms with E-state index in [1.165, 1.54) is 32.5 Å². The molecule has 0 spiro atoms. The topological polar surface area (TPSA) is 38.2 Å². The van der Waals surface area contributed by atoms with Crippen molar-refractivity contribution in [3.63, 3.8) is 0 Å². The van der Waals surface area contributed by atoms with Crippen LogP contribution in [0.4, 0.5) is 0 Å². The average molecular weight is 144 g/mol. The highest BCUT2D eigenvalue weighted by molar-refractivity contribution is 4.67. The van der Waals surface area contributed by atoms with Crippen LogP contribution in [0.2, 0.25) is 0 Å². The first-order valence-electron chi connectivity index (χ1n) is 4.05. The van der Waals surface area contributed by atoms with E-state index in [9.17, 15) is 0 Å². The summed E-state index contributed by atoms with van der Waals surface area (Å²) in [5.74, 6) is 0.979. The van der Waals surface area contributed by atoms with Crippen LogP contribution in [0.15, 0.2) is 0 Å². The number of nitrogens with zero attached hydrogens (tertiary/aromatic N) is 1. The molecular formula is C8H20N2. The van der Waals surface area contributed by atoms with E-state index in [-0.39, 0.29) is 6.15 Å². The van der Waals surface area contributed by atoms with Crippen molar-refractivity contribution in [3.8, 4) is 0 Å². The van der Waals surface area contributed by atoms with E-state index in [4.69, 9.17) is 0 Å². The Labute approximate surface area is 64.2 Å². The smallest absolute Gasteiger partial charge is 0.00163 e. The molecule has 0 amide bonds. The molecule has 0 aliphatic carbocycles. The number of rotatable bonds is 1. The third-order valence-corrected chi connectivity index (χ3v) is 2.32. The van der Waals surface area contributed by atoms with Crippen LogP contribution in [-0.2, 0) is 0 Å². The molecular weight excluding hydrogens is 124 g/mol. The fourth-order valence-electron chi connectivity index (χ4n) is 1.38. The second kappa shape index (κ2) is 4.69. The molecule has 2 nitrogen and oxygen atoms in total. The van der Waals surface area contributed by atoms with E-state index in [0.717, 1.165) is 5.92 Å². The van der Waals surface area contributed by atoms with Gasteiger partial charge in [0.05, 0.1) is 0 Å². The molecule has 0 saturated carbocycles. The molecule has 0 aromatic carbocycles. The van der Waals surface area contributed by atoms with E-state index in [1.807, 2.05) is 0 Å². The molecule has 0 atom stereocenters. The minimum atomic E-state index is 0. The maximum Gasteiger partial charge on any atom is -0.00163 e. The Hall–Kier alpha value is -0.0800. The molecule has 10 heavy (non-hydrogen) atoms. The van der Waals surface area contributed by atoms with Gasteiger partial charge in [0.1, 0.15) is 0 Å². The Morgan fingerprint density at radius 2 is 1.80 bits per heavy atom. The van der Waals surface area contributed by atoms with Crippen LogP contribution >= 0.6 is 0 Å². The number of hydrogen-bond acceptors (Lipinski definition) is 2. The van der Waals surface area contributed by atoms with Gasteiger partial charge in [-0.25, -0.2) is 0 Å². The van der Waals surface area contributed by atoms with Gasteiger partial charge in [-0.2, -0.15) is 0 Å². The van der Waals surface area contributed by atoms with Crippen molar-refractivity contribution in [2.24, 2.45) is 5.92 Å². The third-order valence-electron chi connectivity index (χ3n) is 2.32. The second-order valence-electron chi connectivity index (χ2n) is 3.12. The lowest BCUT2D eigenvalue weighted by Crippen LogP contribution is -2.32. The molecule has 1 saturated heterocycles. The van der Waals surface area contributed by atoms with E-state index in [2.05, 4.69) is 18.7 Å². The van der Waals surface area contributed by atoms with Crippen molar-refractivity contribution in [1.29, 1.82) is 0 Å². The van der Waals surface area contributed by atoms with Gasteiger partial charge < -0.3 is 11.1 Å². The van der Waals surface area contributed by atoms with Crippen LogP contribution in [-0.4, -0.2) is 24.5 Å². The van der Waals surface area contributed by atoms with Crippen LogP contribution < -0.4 is 6.15 Å². The predicted molar refractivity (Wildman–Crippen MR) is 45.5 cm³/mol. The van der Waals surface area contributed by atoms with Gasteiger partial charge in [0.15, 0.2) is 0 Å². The van der Waals surface area contributed by atoms with Crippen LogP contribution in [0, 0.1) is 5.92 Å². The molecule has 62 valence electrons. The van der Waals surface area contributed by atoms with E-state index >= 15 is 0 Å². The Morgan fingerprint density at radius 3 is 2.20 bits per heavy atom. The molecule has 0 aromatic rings. The number of hydrogen-bond donors (Lipinski definition) is 1. The Bertz CT molecular complexity index is 75.3. The molecule has 3 N–H and O–H groups in total. The lowest BCUT2D eigenvalue weighted by Gasteiger charge is -2.28. The highest BCUT2D eigenvalue weighted by Gasteiger charge is 2.12. The predicted octanol–water partition coefficient (Wildman–Crippen LogP) is 1.90. The average Bonchev–Trinajstić information content (AvgIpc) is 1.90.